The fraction of sp³-hybridized carbons (Fsp3) is 1.00. The fourth-order valence-corrected chi connectivity index (χ4v) is 0.655. The molecule has 0 aromatic heterocycles. The van der Waals surface area contributed by atoms with Crippen molar-refractivity contribution in [1.29, 1.82) is 0 Å². The first-order valence-corrected chi connectivity index (χ1v) is 3.53. The average molecular weight is 147 g/mol. The Labute approximate surface area is 60.4 Å². The lowest BCUT2D eigenvalue weighted by Crippen LogP contribution is -2.05. The summed E-state index contributed by atoms with van der Waals surface area (Å²) in [6, 6.07) is 0. The maximum atomic E-state index is 4.83. The SMILES string of the molecule is C1COCN1.C1COOC1. The zero-order valence-corrected chi connectivity index (χ0v) is 5.97. The van der Waals surface area contributed by atoms with Crippen molar-refractivity contribution in [1.82, 2.24) is 5.32 Å². The minimum atomic E-state index is 0.750. The van der Waals surface area contributed by atoms with Crippen molar-refractivity contribution in [3.05, 3.63) is 0 Å². The number of hydrogen-bond acceptors (Lipinski definition) is 4. The van der Waals surface area contributed by atoms with Crippen molar-refractivity contribution in [2.24, 2.45) is 0 Å². The van der Waals surface area contributed by atoms with E-state index in [2.05, 4.69) is 15.1 Å². The molecule has 0 saturated carbocycles. The predicted molar refractivity (Wildman–Crippen MR) is 35.3 cm³/mol. The molecular formula is C6H13NO3. The lowest BCUT2D eigenvalue weighted by molar-refractivity contribution is -0.248. The first-order chi connectivity index (χ1) is 5.00. The number of nitrogens with one attached hydrogen (secondary N) is 1. The Morgan fingerprint density at radius 3 is 2.00 bits per heavy atom. The van der Waals surface area contributed by atoms with Crippen LogP contribution in [0.2, 0.25) is 0 Å². The smallest absolute Gasteiger partial charge is 0.0966 e. The highest BCUT2D eigenvalue weighted by molar-refractivity contribution is 4.43. The van der Waals surface area contributed by atoms with Crippen LogP contribution in [-0.4, -0.2) is 33.1 Å². The van der Waals surface area contributed by atoms with Crippen molar-refractivity contribution in [2.45, 2.75) is 6.42 Å². The van der Waals surface area contributed by atoms with Crippen LogP contribution in [0.15, 0.2) is 0 Å². The Kier molecular flexibility index (Phi) is 4.46. The van der Waals surface area contributed by atoms with Gasteiger partial charge in [0.1, 0.15) is 0 Å². The molecule has 10 heavy (non-hydrogen) atoms. The van der Waals surface area contributed by atoms with Gasteiger partial charge < -0.3 is 4.74 Å². The maximum absolute atomic E-state index is 4.83. The molecule has 2 rings (SSSR count). The molecule has 0 unspecified atom stereocenters. The van der Waals surface area contributed by atoms with Gasteiger partial charge in [-0.05, 0) is 0 Å². The van der Waals surface area contributed by atoms with Gasteiger partial charge in [-0.25, -0.2) is 9.78 Å². The van der Waals surface area contributed by atoms with Crippen LogP contribution in [0.4, 0.5) is 0 Å². The van der Waals surface area contributed by atoms with Crippen LogP contribution in [0.25, 0.3) is 0 Å². The Hall–Kier alpha value is -0.160. The van der Waals surface area contributed by atoms with Gasteiger partial charge in [0, 0.05) is 13.0 Å². The Morgan fingerprint density at radius 1 is 1.00 bits per heavy atom. The van der Waals surface area contributed by atoms with Gasteiger partial charge in [0.15, 0.2) is 0 Å². The third-order valence-electron chi connectivity index (χ3n) is 1.17. The van der Waals surface area contributed by atoms with E-state index in [4.69, 9.17) is 4.74 Å². The van der Waals surface area contributed by atoms with Gasteiger partial charge in [-0.1, -0.05) is 0 Å². The Balaban J connectivity index is 0.0000001000. The molecule has 0 aliphatic carbocycles. The van der Waals surface area contributed by atoms with E-state index < -0.39 is 0 Å². The molecule has 0 atom stereocenters. The van der Waals surface area contributed by atoms with Crippen LogP contribution in [0.3, 0.4) is 0 Å². The minimum absolute atomic E-state index is 0.750. The van der Waals surface area contributed by atoms with Crippen molar-refractivity contribution in [3.8, 4) is 0 Å². The first kappa shape index (κ1) is 7.94. The molecule has 0 bridgehead atoms. The van der Waals surface area contributed by atoms with E-state index in [1.807, 2.05) is 0 Å². The van der Waals surface area contributed by atoms with Crippen LogP contribution in [0, 0.1) is 0 Å². The fourth-order valence-electron chi connectivity index (χ4n) is 0.655. The summed E-state index contributed by atoms with van der Waals surface area (Å²) in [5, 5.41) is 3.00. The van der Waals surface area contributed by atoms with Crippen LogP contribution in [0.1, 0.15) is 6.42 Å². The number of ether oxygens (including phenoxy) is 1. The highest BCUT2D eigenvalue weighted by Crippen LogP contribution is 1.93. The quantitative estimate of drug-likeness (QED) is 0.486. The first-order valence-electron chi connectivity index (χ1n) is 3.53. The zero-order valence-electron chi connectivity index (χ0n) is 5.97. The molecule has 4 heteroatoms. The minimum Gasteiger partial charge on any atom is -0.365 e. The molecule has 0 amide bonds. The van der Waals surface area contributed by atoms with Gasteiger partial charge in [0.25, 0.3) is 0 Å². The van der Waals surface area contributed by atoms with Crippen molar-refractivity contribution >= 4 is 0 Å². The number of hydrogen-bond donors (Lipinski definition) is 1. The standard InChI is InChI=1S/C3H7NO.C3H6O2/c1-2-5-3-4-1;1-2-4-5-3-1/h4H,1-3H2;1-3H2. The molecule has 0 aromatic rings. The predicted octanol–water partition coefficient (Wildman–Crippen LogP) is -0.0980. The van der Waals surface area contributed by atoms with Crippen LogP contribution in [0.5, 0.6) is 0 Å². The highest BCUT2D eigenvalue weighted by atomic mass is 17.2. The van der Waals surface area contributed by atoms with Crippen molar-refractivity contribution in [2.75, 3.05) is 33.1 Å². The van der Waals surface area contributed by atoms with E-state index in [9.17, 15) is 0 Å². The van der Waals surface area contributed by atoms with Crippen LogP contribution in [-0.2, 0) is 14.5 Å². The van der Waals surface area contributed by atoms with Crippen molar-refractivity contribution < 1.29 is 14.5 Å². The molecule has 2 fully saturated rings. The van der Waals surface area contributed by atoms with E-state index in [0.717, 1.165) is 39.5 Å². The van der Waals surface area contributed by atoms with Gasteiger partial charge >= 0.3 is 0 Å². The normalized spacial score (nSPS) is 24.0. The molecule has 0 radical (unpaired) electrons. The molecule has 4 nitrogen and oxygen atoms in total. The van der Waals surface area contributed by atoms with Crippen LogP contribution < -0.4 is 5.32 Å². The average Bonchev–Trinajstić information content (AvgIpc) is 2.67. The molecule has 2 heterocycles. The van der Waals surface area contributed by atoms with Gasteiger partial charge in [0.2, 0.25) is 0 Å². The monoisotopic (exact) mass is 147 g/mol. The molecule has 0 spiro atoms. The van der Waals surface area contributed by atoms with E-state index in [0.29, 0.717) is 0 Å². The Morgan fingerprint density at radius 2 is 1.80 bits per heavy atom. The summed E-state index contributed by atoms with van der Waals surface area (Å²) in [6.07, 6.45) is 1.06. The summed E-state index contributed by atoms with van der Waals surface area (Å²) in [5.74, 6) is 0. The molecule has 1 N–H and O–H groups in total. The maximum Gasteiger partial charge on any atom is 0.0966 e. The summed E-state index contributed by atoms with van der Waals surface area (Å²) >= 11 is 0. The summed E-state index contributed by atoms with van der Waals surface area (Å²) in [7, 11) is 0. The summed E-state index contributed by atoms with van der Waals surface area (Å²) in [4.78, 5) is 8.89. The van der Waals surface area contributed by atoms with Gasteiger partial charge in [-0.2, -0.15) is 0 Å². The third kappa shape index (κ3) is 3.79. The second kappa shape index (κ2) is 5.61. The Bertz CT molecular complexity index is 46.2. The molecule has 60 valence electrons. The van der Waals surface area contributed by atoms with E-state index >= 15 is 0 Å². The molecule has 0 aromatic carbocycles. The summed E-state index contributed by atoms with van der Waals surface area (Å²) in [6.45, 7) is 4.22. The summed E-state index contributed by atoms with van der Waals surface area (Å²) < 4.78 is 4.83. The van der Waals surface area contributed by atoms with E-state index in [-0.39, 0.29) is 0 Å². The second-order valence-electron chi connectivity index (χ2n) is 2.05. The second-order valence-corrected chi connectivity index (χ2v) is 2.05. The lowest BCUT2D eigenvalue weighted by Gasteiger charge is -1.77. The largest absolute Gasteiger partial charge is 0.365 e. The molecule has 2 aliphatic rings. The van der Waals surface area contributed by atoms with Crippen molar-refractivity contribution in [3.63, 3.8) is 0 Å². The zero-order chi connectivity index (χ0) is 7.07. The van der Waals surface area contributed by atoms with Gasteiger partial charge in [-0.3, -0.25) is 5.32 Å². The number of rotatable bonds is 0. The molecule has 2 aliphatic heterocycles. The van der Waals surface area contributed by atoms with E-state index in [1.54, 1.807) is 0 Å². The highest BCUT2D eigenvalue weighted by Gasteiger charge is 1.95. The van der Waals surface area contributed by atoms with Crippen LogP contribution >= 0.6 is 0 Å². The third-order valence-corrected chi connectivity index (χ3v) is 1.17. The lowest BCUT2D eigenvalue weighted by atomic mass is 10.5. The van der Waals surface area contributed by atoms with Gasteiger partial charge in [-0.15, -0.1) is 0 Å². The van der Waals surface area contributed by atoms with Gasteiger partial charge in [0.05, 0.1) is 26.6 Å². The molecule has 2 saturated heterocycles. The topological polar surface area (TPSA) is 39.7 Å². The summed E-state index contributed by atoms with van der Waals surface area (Å²) in [5.41, 5.74) is 0. The van der Waals surface area contributed by atoms with E-state index in [1.165, 1.54) is 0 Å². The molecular weight excluding hydrogens is 134 g/mol.